The topological polar surface area (TPSA) is 70.1 Å². The van der Waals surface area contributed by atoms with Gasteiger partial charge in [0.15, 0.2) is 0 Å². The summed E-state index contributed by atoms with van der Waals surface area (Å²) in [5, 5.41) is 9.66. The van der Waals surface area contributed by atoms with E-state index in [1.165, 1.54) is 4.90 Å². The van der Waals surface area contributed by atoms with Crippen LogP contribution in [0, 0.1) is 5.92 Å². The van der Waals surface area contributed by atoms with Crippen LogP contribution in [0.2, 0.25) is 0 Å². The molecule has 0 bridgehead atoms. The summed E-state index contributed by atoms with van der Waals surface area (Å²) in [6.07, 6.45) is 2.71. The zero-order valence-corrected chi connectivity index (χ0v) is 17.8. The molecule has 6 heteroatoms. The number of carbonyl (C=O) groups excluding carboxylic acids is 2. The van der Waals surface area contributed by atoms with Gasteiger partial charge < -0.3 is 14.7 Å². The maximum absolute atomic E-state index is 13.5. The number of nitrogens with zero attached hydrogens (tertiary/aromatic N) is 2. The SMILES string of the molecule is CCCOc1ccc(C2=C(N3CCCC(CO)C3)C(=O)N(c3ccccc3)C2=O)cc1. The lowest BCUT2D eigenvalue weighted by Crippen LogP contribution is -2.40. The van der Waals surface area contributed by atoms with Gasteiger partial charge in [-0.2, -0.15) is 0 Å². The van der Waals surface area contributed by atoms with Gasteiger partial charge in [-0.05, 0) is 55.0 Å². The first-order valence-corrected chi connectivity index (χ1v) is 10.9. The molecule has 0 spiro atoms. The third kappa shape index (κ3) is 4.21. The van der Waals surface area contributed by atoms with Crippen LogP contribution in [0.25, 0.3) is 5.57 Å². The second kappa shape index (κ2) is 9.35. The molecule has 6 nitrogen and oxygen atoms in total. The lowest BCUT2D eigenvalue weighted by molar-refractivity contribution is -0.120. The van der Waals surface area contributed by atoms with E-state index in [9.17, 15) is 14.7 Å². The highest BCUT2D eigenvalue weighted by atomic mass is 16.5. The van der Waals surface area contributed by atoms with Crippen molar-refractivity contribution in [3.8, 4) is 5.75 Å². The fraction of sp³-hybridized carbons (Fsp3) is 0.360. The minimum absolute atomic E-state index is 0.0765. The van der Waals surface area contributed by atoms with Crippen LogP contribution in [0.5, 0.6) is 5.75 Å². The molecule has 2 aliphatic heterocycles. The van der Waals surface area contributed by atoms with E-state index in [0.717, 1.165) is 25.0 Å². The molecule has 0 radical (unpaired) electrons. The number of rotatable bonds is 7. The number of amides is 2. The van der Waals surface area contributed by atoms with Gasteiger partial charge in [0.25, 0.3) is 11.8 Å². The number of anilines is 1. The summed E-state index contributed by atoms with van der Waals surface area (Å²) in [7, 11) is 0. The second-order valence-corrected chi connectivity index (χ2v) is 8.01. The van der Waals surface area contributed by atoms with E-state index >= 15 is 0 Å². The van der Waals surface area contributed by atoms with E-state index in [0.29, 0.717) is 42.2 Å². The average molecular weight is 421 g/mol. The summed E-state index contributed by atoms with van der Waals surface area (Å²) in [5.41, 5.74) is 2.09. The van der Waals surface area contributed by atoms with Gasteiger partial charge in [0.05, 0.1) is 17.9 Å². The summed E-state index contributed by atoms with van der Waals surface area (Å²) >= 11 is 0. The van der Waals surface area contributed by atoms with Gasteiger partial charge in [-0.1, -0.05) is 37.3 Å². The molecule has 1 saturated heterocycles. The molecule has 162 valence electrons. The Kier molecular flexibility index (Phi) is 6.37. The molecule has 2 amide bonds. The van der Waals surface area contributed by atoms with Crippen molar-refractivity contribution in [3.63, 3.8) is 0 Å². The highest BCUT2D eigenvalue weighted by molar-refractivity contribution is 6.45. The van der Waals surface area contributed by atoms with E-state index in [1.807, 2.05) is 54.3 Å². The second-order valence-electron chi connectivity index (χ2n) is 8.01. The van der Waals surface area contributed by atoms with Crippen LogP contribution in [0.3, 0.4) is 0 Å². The molecule has 2 aliphatic rings. The Labute approximate surface area is 182 Å². The number of ether oxygens (including phenoxy) is 1. The van der Waals surface area contributed by atoms with Gasteiger partial charge in [-0.25, -0.2) is 4.90 Å². The maximum Gasteiger partial charge on any atom is 0.282 e. The normalized spacial score (nSPS) is 19.4. The zero-order chi connectivity index (χ0) is 21.8. The summed E-state index contributed by atoms with van der Waals surface area (Å²) in [4.78, 5) is 30.3. The number of hydrogen-bond acceptors (Lipinski definition) is 5. The number of hydrogen-bond donors (Lipinski definition) is 1. The smallest absolute Gasteiger partial charge is 0.282 e. The molecule has 0 aromatic heterocycles. The predicted molar refractivity (Wildman–Crippen MR) is 119 cm³/mol. The van der Waals surface area contributed by atoms with Gasteiger partial charge in [0.1, 0.15) is 11.4 Å². The summed E-state index contributed by atoms with van der Waals surface area (Å²) in [5.74, 6) is 0.208. The van der Waals surface area contributed by atoms with Crippen LogP contribution in [-0.2, 0) is 9.59 Å². The number of aliphatic hydroxyl groups excluding tert-OH is 1. The number of likely N-dealkylation sites (tertiary alicyclic amines) is 1. The highest BCUT2D eigenvalue weighted by Crippen LogP contribution is 2.36. The summed E-state index contributed by atoms with van der Waals surface area (Å²) < 4.78 is 5.67. The van der Waals surface area contributed by atoms with Gasteiger partial charge in [-0.3, -0.25) is 9.59 Å². The van der Waals surface area contributed by atoms with E-state index in [-0.39, 0.29) is 24.3 Å². The molecule has 4 rings (SSSR count). The van der Waals surface area contributed by atoms with Crippen molar-refractivity contribution < 1.29 is 19.4 Å². The van der Waals surface area contributed by atoms with Gasteiger partial charge in [0.2, 0.25) is 0 Å². The fourth-order valence-corrected chi connectivity index (χ4v) is 4.24. The van der Waals surface area contributed by atoms with Gasteiger partial charge >= 0.3 is 0 Å². The summed E-state index contributed by atoms with van der Waals surface area (Å²) in [6.45, 7) is 4.00. The highest BCUT2D eigenvalue weighted by Gasteiger charge is 2.43. The largest absolute Gasteiger partial charge is 0.494 e. The zero-order valence-electron chi connectivity index (χ0n) is 17.8. The van der Waals surface area contributed by atoms with Crippen molar-refractivity contribution in [2.24, 2.45) is 5.92 Å². The number of aliphatic hydroxyl groups is 1. The van der Waals surface area contributed by atoms with Crippen LogP contribution >= 0.6 is 0 Å². The molecule has 0 aliphatic carbocycles. The molecule has 1 fully saturated rings. The Morgan fingerprint density at radius 3 is 2.45 bits per heavy atom. The van der Waals surface area contributed by atoms with Crippen LogP contribution < -0.4 is 9.64 Å². The molecular formula is C25H28N2O4. The first-order chi connectivity index (χ1) is 15.1. The van der Waals surface area contributed by atoms with E-state index in [4.69, 9.17) is 4.74 Å². The third-order valence-electron chi connectivity index (χ3n) is 5.78. The summed E-state index contributed by atoms with van der Waals surface area (Å²) in [6, 6.07) is 16.4. The number of benzene rings is 2. The molecule has 31 heavy (non-hydrogen) atoms. The molecule has 2 aromatic rings. The first-order valence-electron chi connectivity index (χ1n) is 10.9. The number of carbonyl (C=O) groups is 2. The van der Waals surface area contributed by atoms with Crippen LogP contribution in [-0.4, -0.2) is 48.1 Å². The first kappa shape index (κ1) is 21.1. The van der Waals surface area contributed by atoms with Crippen molar-refractivity contribution in [2.45, 2.75) is 26.2 Å². The Morgan fingerprint density at radius 1 is 1.03 bits per heavy atom. The Hall–Kier alpha value is -3.12. The van der Waals surface area contributed by atoms with E-state index in [1.54, 1.807) is 12.1 Å². The third-order valence-corrected chi connectivity index (χ3v) is 5.78. The quantitative estimate of drug-likeness (QED) is 0.695. The number of para-hydroxylation sites is 1. The monoisotopic (exact) mass is 420 g/mol. The molecule has 1 unspecified atom stereocenters. The Morgan fingerprint density at radius 2 is 1.77 bits per heavy atom. The minimum Gasteiger partial charge on any atom is -0.494 e. The van der Waals surface area contributed by atoms with Crippen molar-refractivity contribution in [3.05, 3.63) is 65.9 Å². The minimum atomic E-state index is -0.320. The molecule has 2 heterocycles. The molecule has 1 N–H and O–H groups in total. The van der Waals surface area contributed by atoms with Crippen LogP contribution in [0.1, 0.15) is 31.7 Å². The maximum atomic E-state index is 13.5. The van der Waals surface area contributed by atoms with E-state index in [2.05, 4.69) is 0 Å². The Balaban J connectivity index is 1.74. The van der Waals surface area contributed by atoms with Crippen LogP contribution in [0.4, 0.5) is 5.69 Å². The van der Waals surface area contributed by atoms with Crippen molar-refractivity contribution in [1.82, 2.24) is 4.90 Å². The van der Waals surface area contributed by atoms with Crippen LogP contribution in [0.15, 0.2) is 60.3 Å². The lowest BCUT2D eigenvalue weighted by Gasteiger charge is -2.34. The van der Waals surface area contributed by atoms with Crippen molar-refractivity contribution in [2.75, 3.05) is 31.2 Å². The molecule has 2 aromatic carbocycles. The molecule has 1 atom stereocenters. The molecular weight excluding hydrogens is 392 g/mol. The average Bonchev–Trinajstić information content (AvgIpc) is 3.08. The fourth-order valence-electron chi connectivity index (χ4n) is 4.24. The molecule has 0 saturated carbocycles. The standard InChI is InChI=1S/C25H28N2O4/c1-2-15-31-21-12-10-19(11-13-21)22-23(26-14-6-7-18(16-26)17-28)25(30)27(24(22)29)20-8-4-3-5-9-20/h3-5,8-13,18,28H,2,6-7,14-17H2,1H3. The van der Waals surface area contributed by atoms with E-state index < -0.39 is 0 Å². The Bertz CT molecular complexity index is 969. The number of piperidine rings is 1. The van der Waals surface area contributed by atoms with Gasteiger partial charge in [0, 0.05) is 19.7 Å². The lowest BCUT2D eigenvalue weighted by atomic mass is 9.97. The number of imide groups is 1. The van der Waals surface area contributed by atoms with Crippen molar-refractivity contribution >= 4 is 23.1 Å². The van der Waals surface area contributed by atoms with Gasteiger partial charge in [-0.15, -0.1) is 0 Å². The van der Waals surface area contributed by atoms with Crippen molar-refractivity contribution in [1.29, 1.82) is 0 Å². The predicted octanol–water partition coefficient (Wildman–Crippen LogP) is 3.46.